The fraction of sp³-hybridized carbons (Fsp3) is 0.500. The fourth-order valence-corrected chi connectivity index (χ4v) is 7.41. The number of carbonyl (C=O) groups excluding carboxylic acids is 4. The number of ether oxygens (including phenoxy) is 2. The van der Waals surface area contributed by atoms with Crippen LogP contribution < -0.4 is 9.47 Å². The zero-order valence-electron chi connectivity index (χ0n) is 19.0. The highest BCUT2D eigenvalue weighted by Crippen LogP contribution is 2.62. The molecule has 3 aliphatic rings. The number of hydrogen-bond acceptors (Lipinski definition) is 9. The Balaban J connectivity index is 1.94. The van der Waals surface area contributed by atoms with E-state index < -0.39 is 43.2 Å². The monoisotopic (exact) mass is 557 g/mol. The van der Waals surface area contributed by atoms with Gasteiger partial charge in [0.05, 0.1) is 29.3 Å². The number of carbonyl (C=O) groups is 4. The summed E-state index contributed by atoms with van der Waals surface area (Å²) in [6, 6.07) is 6.37. The molecule has 13 heteroatoms. The second-order valence-electron chi connectivity index (χ2n) is 8.74. The lowest BCUT2D eigenvalue weighted by atomic mass is 9.79. The molecule has 9 nitrogen and oxygen atoms in total. The Morgan fingerprint density at radius 3 is 2.37 bits per heavy atom. The van der Waals surface area contributed by atoms with Gasteiger partial charge in [-0.25, -0.2) is 0 Å². The van der Waals surface area contributed by atoms with Crippen molar-refractivity contribution in [2.24, 2.45) is 5.41 Å². The number of nitriles is 1. The molecule has 3 aliphatic heterocycles. The Hall–Kier alpha value is -2.13. The number of halogens is 2. The maximum absolute atomic E-state index is 14.2. The van der Waals surface area contributed by atoms with Crippen LogP contribution in [0.15, 0.2) is 18.2 Å². The van der Waals surface area contributed by atoms with Gasteiger partial charge in [0.1, 0.15) is 0 Å². The third kappa shape index (κ3) is 3.86. The summed E-state index contributed by atoms with van der Waals surface area (Å²) in [4.78, 5) is 52.2. The minimum absolute atomic E-state index is 0.0319. The number of alkyl halides is 2. The summed E-state index contributed by atoms with van der Waals surface area (Å²) in [5.74, 6) is -0.978. The van der Waals surface area contributed by atoms with E-state index in [9.17, 15) is 24.4 Å². The molecule has 1 aromatic rings. The molecule has 0 saturated carbocycles. The van der Waals surface area contributed by atoms with E-state index in [0.717, 1.165) is 4.90 Å². The normalized spacial score (nSPS) is 31.4. The Labute approximate surface area is 220 Å². The van der Waals surface area contributed by atoms with Gasteiger partial charge in [0.25, 0.3) is 11.8 Å². The summed E-state index contributed by atoms with van der Waals surface area (Å²) in [7, 11) is 1.40. The number of nitrogens with zero attached hydrogens (tertiary/aromatic N) is 3. The van der Waals surface area contributed by atoms with E-state index >= 15 is 0 Å². The third-order valence-corrected chi connectivity index (χ3v) is 9.78. The minimum atomic E-state index is -1.73. The highest BCUT2D eigenvalue weighted by atomic mass is 35.5. The van der Waals surface area contributed by atoms with Crippen LogP contribution in [0.4, 0.5) is 0 Å². The molecule has 1 unspecified atom stereocenters. The van der Waals surface area contributed by atoms with E-state index in [1.807, 2.05) is 0 Å². The number of hydrogen-bond donors (Lipinski definition) is 0. The highest BCUT2D eigenvalue weighted by Gasteiger charge is 2.71. The molecular formula is C22H21Cl2N3O6S2. The molecule has 0 bridgehead atoms. The largest absolute Gasteiger partial charge is 0.454 e. The van der Waals surface area contributed by atoms with Crippen LogP contribution in [0.25, 0.3) is 0 Å². The lowest BCUT2D eigenvalue weighted by Crippen LogP contribution is -2.71. The minimum Gasteiger partial charge on any atom is -0.454 e. The number of fused-ring (bicyclic) bond motifs is 2. The van der Waals surface area contributed by atoms with E-state index in [1.165, 1.54) is 18.9 Å². The molecule has 0 N–H and O–H groups in total. The van der Waals surface area contributed by atoms with Gasteiger partial charge in [-0.05, 0) is 55.1 Å². The summed E-state index contributed by atoms with van der Waals surface area (Å²) < 4.78 is 10.9. The van der Waals surface area contributed by atoms with Gasteiger partial charge in [-0.2, -0.15) is 5.26 Å². The molecule has 0 aromatic heterocycles. The van der Waals surface area contributed by atoms with Crippen molar-refractivity contribution in [2.75, 3.05) is 25.6 Å². The SMILES string of the molecule is CN1C(=O)C2(SC(=O)CCl)C[C@](C)(C#N)[C@H](c3ccc4c(c3)OCO4)N2C(=O)[C@]1(C)SC(=O)CCl. The molecule has 0 spiro atoms. The van der Waals surface area contributed by atoms with Crippen molar-refractivity contribution in [1.82, 2.24) is 9.80 Å². The molecule has 4 atom stereocenters. The quantitative estimate of drug-likeness (QED) is 0.503. The van der Waals surface area contributed by atoms with Crippen molar-refractivity contribution in [3.05, 3.63) is 23.8 Å². The Morgan fingerprint density at radius 1 is 1.11 bits per heavy atom. The molecule has 2 amide bonds. The molecule has 2 fully saturated rings. The molecule has 0 aliphatic carbocycles. The van der Waals surface area contributed by atoms with E-state index in [0.29, 0.717) is 40.6 Å². The maximum atomic E-state index is 14.2. The standard InChI is InChI=1S/C22H21Cl2N3O6S2/c1-20(10-25)9-22(35-16(29)8-24)19(31)26(3)21(2,34-15(28)7-23)18(30)27(22)17(20)12-4-5-13-14(6-12)33-11-32-13/h4-6,17H,7-9,11H2,1-3H3/t17-,20+,21-,22?/m0/s1. The van der Waals surface area contributed by atoms with Gasteiger partial charge >= 0.3 is 0 Å². The van der Waals surface area contributed by atoms with Crippen molar-refractivity contribution >= 4 is 68.8 Å². The van der Waals surface area contributed by atoms with E-state index in [1.54, 1.807) is 25.1 Å². The Morgan fingerprint density at radius 2 is 1.74 bits per heavy atom. The first-order chi connectivity index (χ1) is 16.5. The molecule has 4 rings (SSSR count). The van der Waals surface area contributed by atoms with Crippen molar-refractivity contribution in [2.45, 2.75) is 36.1 Å². The van der Waals surface area contributed by atoms with Crippen molar-refractivity contribution in [3.8, 4) is 17.6 Å². The number of thioether (sulfide) groups is 2. The van der Waals surface area contributed by atoms with Crippen LogP contribution in [0.3, 0.4) is 0 Å². The van der Waals surface area contributed by atoms with Crippen LogP contribution in [0.1, 0.15) is 31.9 Å². The summed E-state index contributed by atoms with van der Waals surface area (Å²) >= 11 is 12.8. The number of benzene rings is 1. The molecule has 0 radical (unpaired) electrons. The second kappa shape index (κ2) is 9.07. The smallest absolute Gasteiger partial charge is 0.261 e. The third-order valence-electron chi connectivity index (χ3n) is 6.53. The topological polar surface area (TPSA) is 117 Å². The Kier molecular flexibility index (Phi) is 6.72. The molecule has 3 heterocycles. The van der Waals surface area contributed by atoms with Gasteiger partial charge in [0.2, 0.25) is 17.0 Å². The molecule has 2 saturated heterocycles. The maximum Gasteiger partial charge on any atom is 0.261 e. The average Bonchev–Trinajstić information content (AvgIpc) is 3.41. The number of rotatable bonds is 5. The summed E-state index contributed by atoms with van der Waals surface area (Å²) in [5.41, 5.74) is -0.743. The Bertz CT molecular complexity index is 1180. The number of piperazine rings is 1. The summed E-state index contributed by atoms with van der Waals surface area (Å²) in [5, 5.41) is 9.27. The van der Waals surface area contributed by atoms with Gasteiger partial charge in [-0.1, -0.05) is 6.07 Å². The van der Waals surface area contributed by atoms with Crippen LogP contribution in [0.5, 0.6) is 11.5 Å². The van der Waals surface area contributed by atoms with Crippen LogP contribution >= 0.6 is 46.7 Å². The fourth-order valence-electron chi connectivity index (χ4n) is 4.86. The van der Waals surface area contributed by atoms with E-state index in [4.69, 9.17) is 32.7 Å². The average molecular weight is 558 g/mol. The van der Waals surface area contributed by atoms with Crippen molar-refractivity contribution < 1.29 is 28.7 Å². The first kappa shape index (κ1) is 25.9. The van der Waals surface area contributed by atoms with E-state index in [-0.39, 0.29) is 25.0 Å². The number of amides is 2. The molecule has 1 aromatic carbocycles. The van der Waals surface area contributed by atoms with Crippen LogP contribution in [-0.2, 0) is 19.2 Å². The lowest BCUT2D eigenvalue weighted by Gasteiger charge is -2.52. The second-order valence-corrected chi connectivity index (χ2v) is 12.1. The predicted molar refractivity (Wildman–Crippen MR) is 131 cm³/mol. The summed E-state index contributed by atoms with van der Waals surface area (Å²) in [6.07, 6.45) is -0.123. The first-order valence-electron chi connectivity index (χ1n) is 10.5. The van der Waals surface area contributed by atoms with Crippen molar-refractivity contribution in [1.29, 1.82) is 5.26 Å². The van der Waals surface area contributed by atoms with Crippen LogP contribution in [-0.4, -0.2) is 67.2 Å². The lowest BCUT2D eigenvalue weighted by molar-refractivity contribution is -0.163. The van der Waals surface area contributed by atoms with Gasteiger partial charge in [-0.15, -0.1) is 23.2 Å². The predicted octanol–water partition coefficient (Wildman–Crippen LogP) is 3.10. The van der Waals surface area contributed by atoms with Crippen LogP contribution in [0.2, 0.25) is 0 Å². The van der Waals surface area contributed by atoms with Gasteiger partial charge in [0.15, 0.2) is 21.2 Å². The highest BCUT2D eigenvalue weighted by molar-refractivity contribution is 8.16. The van der Waals surface area contributed by atoms with Crippen molar-refractivity contribution in [3.63, 3.8) is 0 Å². The summed E-state index contributed by atoms with van der Waals surface area (Å²) in [6.45, 7) is 3.13. The molecular weight excluding hydrogens is 537 g/mol. The van der Waals surface area contributed by atoms with Gasteiger partial charge in [-0.3, -0.25) is 19.2 Å². The molecule has 186 valence electrons. The van der Waals surface area contributed by atoms with Gasteiger partial charge in [0, 0.05) is 13.5 Å². The zero-order valence-corrected chi connectivity index (χ0v) is 22.1. The first-order valence-corrected chi connectivity index (χ1v) is 13.2. The number of likely N-dealkylation sites (N-methyl/N-ethyl adjacent to an activating group) is 1. The van der Waals surface area contributed by atoms with Crippen LogP contribution in [0, 0.1) is 16.7 Å². The van der Waals surface area contributed by atoms with Gasteiger partial charge < -0.3 is 19.3 Å². The zero-order chi connectivity index (χ0) is 25.8. The molecule has 35 heavy (non-hydrogen) atoms. The van der Waals surface area contributed by atoms with E-state index in [2.05, 4.69) is 6.07 Å².